The van der Waals surface area contributed by atoms with Gasteiger partial charge in [-0.25, -0.2) is 12.7 Å². The number of piperidine rings is 2. The fourth-order valence-corrected chi connectivity index (χ4v) is 5.49. The molecule has 3 rings (SSSR count). The van der Waals surface area contributed by atoms with Crippen LogP contribution in [0.2, 0.25) is 0 Å². The molecular weight excluding hydrogens is 368 g/mol. The van der Waals surface area contributed by atoms with Crippen LogP contribution in [0, 0.1) is 6.92 Å². The summed E-state index contributed by atoms with van der Waals surface area (Å²) in [6.45, 7) is 4.46. The lowest BCUT2D eigenvalue weighted by Crippen LogP contribution is -2.38. The number of amides is 1. The van der Waals surface area contributed by atoms with Crippen LogP contribution in [0.25, 0.3) is 0 Å². The van der Waals surface area contributed by atoms with Crippen molar-refractivity contribution in [2.45, 2.75) is 64.2 Å². The first-order chi connectivity index (χ1) is 13.0. The van der Waals surface area contributed by atoms with Crippen LogP contribution in [0.3, 0.4) is 0 Å². The molecule has 0 N–H and O–H groups in total. The highest BCUT2D eigenvalue weighted by Crippen LogP contribution is 2.27. The van der Waals surface area contributed by atoms with Crippen molar-refractivity contribution in [1.82, 2.24) is 19.4 Å². The molecule has 2 aliphatic rings. The van der Waals surface area contributed by atoms with Crippen molar-refractivity contribution in [2.24, 2.45) is 0 Å². The molecule has 2 aliphatic heterocycles. The lowest BCUT2D eigenvalue weighted by atomic mass is 9.96. The number of hydrogen-bond acceptors (Lipinski definition) is 6. The fourth-order valence-electron chi connectivity index (χ4n) is 3.84. The Kier molecular flexibility index (Phi) is 6.86. The van der Waals surface area contributed by atoms with E-state index in [-0.39, 0.29) is 17.6 Å². The number of unbranched alkanes of at least 4 members (excludes halogenated alkanes) is 1. The summed E-state index contributed by atoms with van der Waals surface area (Å²) >= 11 is 0. The molecule has 2 saturated heterocycles. The number of sulfonamides is 1. The fraction of sp³-hybridized carbons (Fsp3) is 0.833. The Hall–Kier alpha value is -1.48. The van der Waals surface area contributed by atoms with E-state index < -0.39 is 10.0 Å². The third kappa shape index (κ3) is 5.51. The number of hydrogen-bond donors (Lipinski definition) is 0. The zero-order valence-corrected chi connectivity index (χ0v) is 16.9. The number of carbonyl (C=O) groups excluding carboxylic acids is 1. The normalized spacial score (nSPS) is 20.1. The smallest absolute Gasteiger partial charge is 0.222 e. The second-order valence-corrected chi connectivity index (χ2v) is 9.64. The minimum atomic E-state index is -3.16. The summed E-state index contributed by atoms with van der Waals surface area (Å²) in [6, 6.07) is 0. The predicted molar refractivity (Wildman–Crippen MR) is 101 cm³/mol. The van der Waals surface area contributed by atoms with Gasteiger partial charge >= 0.3 is 0 Å². The molecule has 0 spiro atoms. The highest BCUT2D eigenvalue weighted by molar-refractivity contribution is 7.89. The van der Waals surface area contributed by atoms with E-state index in [0.717, 1.165) is 32.1 Å². The van der Waals surface area contributed by atoms with E-state index >= 15 is 0 Å². The Bertz CT molecular complexity index is 719. The third-order valence-electron chi connectivity index (χ3n) is 5.49. The van der Waals surface area contributed by atoms with Crippen LogP contribution in [-0.2, 0) is 14.8 Å². The molecule has 1 aromatic heterocycles. The van der Waals surface area contributed by atoms with E-state index in [0.29, 0.717) is 57.2 Å². The Morgan fingerprint density at radius 2 is 1.78 bits per heavy atom. The van der Waals surface area contributed by atoms with Crippen molar-refractivity contribution in [1.29, 1.82) is 0 Å². The lowest BCUT2D eigenvalue weighted by Gasteiger charge is -2.30. The molecule has 2 fully saturated rings. The first-order valence-electron chi connectivity index (χ1n) is 10.0. The van der Waals surface area contributed by atoms with Crippen LogP contribution in [0.15, 0.2) is 4.42 Å². The number of rotatable bonds is 7. The molecule has 0 saturated carbocycles. The molecule has 3 heterocycles. The Balaban J connectivity index is 1.35. The largest absolute Gasteiger partial charge is 0.425 e. The monoisotopic (exact) mass is 398 g/mol. The van der Waals surface area contributed by atoms with Crippen molar-refractivity contribution >= 4 is 15.9 Å². The molecule has 0 aliphatic carbocycles. The number of aromatic nitrogens is 2. The van der Waals surface area contributed by atoms with Gasteiger partial charge in [0, 0.05) is 45.4 Å². The summed E-state index contributed by atoms with van der Waals surface area (Å²) in [4.78, 5) is 14.3. The quantitative estimate of drug-likeness (QED) is 0.652. The molecule has 152 valence electrons. The van der Waals surface area contributed by atoms with Gasteiger partial charge < -0.3 is 9.32 Å². The summed E-state index contributed by atoms with van der Waals surface area (Å²) in [5, 5.41) is 7.95. The van der Waals surface area contributed by atoms with Gasteiger partial charge in [0.1, 0.15) is 0 Å². The molecule has 0 aromatic carbocycles. The lowest BCUT2D eigenvalue weighted by molar-refractivity contribution is -0.132. The summed E-state index contributed by atoms with van der Waals surface area (Å²) in [7, 11) is -3.16. The molecule has 1 aromatic rings. The van der Waals surface area contributed by atoms with Crippen LogP contribution >= 0.6 is 0 Å². The van der Waals surface area contributed by atoms with Crippen molar-refractivity contribution in [2.75, 3.05) is 31.9 Å². The number of likely N-dealkylation sites (tertiary alicyclic amines) is 1. The Labute approximate surface area is 161 Å². The Morgan fingerprint density at radius 1 is 1.07 bits per heavy atom. The molecule has 1 amide bonds. The van der Waals surface area contributed by atoms with Crippen LogP contribution in [0.1, 0.15) is 69.1 Å². The molecule has 0 radical (unpaired) electrons. The summed E-state index contributed by atoms with van der Waals surface area (Å²) in [5.74, 6) is 1.74. The summed E-state index contributed by atoms with van der Waals surface area (Å²) in [6.07, 6.45) is 6.27. The predicted octanol–water partition coefficient (Wildman–Crippen LogP) is 2.07. The maximum Gasteiger partial charge on any atom is 0.222 e. The molecule has 0 bridgehead atoms. The van der Waals surface area contributed by atoms with Crippen LogP contribution < -0.4 is 0 Å². The zero-order chi connectivity index (χ0) is 19.3. The van der Waals surface area contributed by atoms with E-state index in [2.05, 4.69) is 10.2 Å². The van der Waals surface area contributed by atoms with Gasteiger partial charge in [-0.2, -0.15) is 0 Å². The maximum absolute atomic E-state index is 12.4. The van der Waals surface area contributed by atoms with Gasteiger partial charge in [0.15, 0.2) is 0 Å². The average molecular weight is 399 g/mol. The van der Waals surface area contributed by atoms with Crippen molar-refractivity contribution < 1.29 is 17.6 Å². The van der Waals surface area contributed by atoms with Crippen molar-refractivity contribution in [3.05, 3.63) is 11.8 Å². The van der Waals surface area contributed by atoms with Crippen molar-refractivity contribution in [3.63, 3.8) is 0 Å². The minimum Gasteiger partial charge on any atom is -0.425 e. The van der Waals surface area contributed by atoms with Crippen LogP contribution in [0.4, 0.5) is 0 Å². The van der Waals surface area contributed by atoms with Gasteiger partial charge in [-0.05, 0) is 38.5 Å². The van der Waals surface area contributed by atoms with Gasteiger partial charge in [-0.1, -0.05) is 6.42 Å². The molecule has 0 atom stereocenters. The van der Waals surface area contributed by atoms with E-state index in [4.69, 9.17) is 4.42 Å². The van der Waals surface area contributed by atoms with Gasteiger partial charge in [0.05, 0.1) is 5.75 Å². The molecule has 8 nitrogen and oxygen atoms in total. The van der Waals surface area contributed by atoms with E-state index in [9.17, 15) is 13.2 Å². The third-order valence-corrected chi connectivity index (χ3v) is 7.45. The van der Waals surface area contributed by atoms with Crippen LogP contribution in [0.5, 0.6) is 0 Å². The standard InChI is InChI=1S/C18H30N4O4S/c1-15-19-20-18(26-15)16-8-12-21(13-9-16)17(23)7-3-6-14-27(24,25)22-10-4-2-5-11-22/h16H,2-14H2,1H3. The van der Waals surface area contributed by atoms with Gasteiger partial charge in [-0.3, -0.25) is 4.79 Å². The number of carbonyl (C=O) groups is 1. The topological polar surface area (TPSA) is 96.6 Å². The minimum absolute atomic E-state index is 0.116. The number of nitrogens with zero attached hydrogens (tertiary/aromatic N) is 4. The molecule has 27 heavy (non-hydrogen) atoms. The summed E-state index contributed by atoms with van der Waals surface area (Å²) < 4.78 is 31.7. The number of aryl methyl sites for hydroxylation is 1. The van der Waals surface area contributed by atoms with E-state index in [1.54, 1.807) is 11.2 Å². The highest BCUT2D eigenvalue weighted by Gasteiger charge is 2.27. The molecule has 9 heteroatoms. The average Bonchev–Trinajstić information content (AvgIpc) is 3.12. The molecule has 0 unspecified atom stereocenters. The summed E-state index contributed by atoms with van der Waals surface area (Å²) in [5.41, 5.74) is 0. The van der Waals surface area contributed by atoms with Gasteiger partial charge in [0.2, 0.25) is 27.7 Å². The SMILES string of the molecule is Cc1nnc(C2CCN(C(=O)CCCCS(=O)(=O)N3CCCCC3)CC2)o1. The van der Waals surface area contributed by atoms with Gasteiger partial charge in [-0.15, -0.1) is 10.2 Å². The Morgan fingerprint density at radius 3 is 2.41 bits per heavy atom. The van der Waals surface area contributed by atoms with Gasteiger partial charge in [0.25, 0.3) is 0 Å². The second-order valence-electron chi connectivity index (χ2n) is 7.55. The highest BCUT2D eigenvalue weighted by atomic mass is 32.2. The molecular formula is C18H30N4O4S. The van der Waals surface area contributed by atoms with Crippen LogP contribution in [-0.4, -0.2) is 65.7 Å². The second kappa shape index (κ2) is 9.14. The maximum atomic E-state index is 12.4. The van der Waals surface area contributed by atoms with E-state index in [1.165, 1.54) is 0 Å². The first kappa shape index (κ1) is 20.3. The van der Waals surface area contributed by atoms with E-state index in [1.807, 2.05) is 4.90 Å². The zero-order valence-electron chi connectivity index (χ0n) is 16.1. The first-order valence-corrected chi connectivity index (χ1v) is 11.6. The van der Waals surface area contributed by atoms with Crippen molar-refractivity contribution in [3.8, 4) is 0 Å².